The molecule has 1 aliphatic rings. The van der Waals surface area contributed by atoms with Crippen LogP contribution in [0.2, 0.25) is 0 Å². The molecular formula is C9H12FN3O. The van der Waals surface area contributed by atoms with Gasteiger partial charge in [0.25, 0.3) is 5.91 Å². The molecule has 0 atom stereocenters. The molecule has 76 valence electrons. The minimum absolute atomic E-state index is 0.274. The van der Waals surface area contributed by atoms with Crippen molar-refractivity contribution in [3.8, 4) is 0 Å². The summed E-state index contributed by atoms with van der Waals surface area (Å²) in [5.41, 5.74) is 8.22. The lowest BCUT2D eigenvalue weighted by Gasteiger charge is -2.18. The van der Waals surface area contributed by atoms with Crippen LogP contribution < -0.4 is 16.4 Å². The van der Waals surface area contributed by atoms with Crippen LogP contribution in [-0.4, -0.2) is 5.91 Å². The number of carbonyl (C=O) groups is 1. The molecule has 1 aromatic rings. The van der Waals surface area contributed by atoms with Gasteiger partial charge in [0.15, 0.2) is 0 Å². The lowest BCUT2D eigenvalue weighted by molar-refractivity contribution is 0.0931. The fraction of sp³-hybridized carbons (Fsp3) is 0.222. The summed E-state index contributed by atoms with van der Waals surface area (Å²) in [5, 5.41) is 0. The molecule has 1 aliphatic heterocycles. The third kappa shape index (κ3) is 2.00. The number of benzene rings is 1. The first-order chi connectivity index (χ1) is 6.77. The predicted octanol–water partition coefficient (Wildman–Crippen LogP) is 1.43. The van der Waals surface area contributed by atoms with Crippen LogP contribution >= 0.6 is 0 Å². The Morgan fingerprint density at radius 1 is 1.21 bits per heavy atom. The molecule has 0 unspecified atom stereocenters. The topological polar surface area (TPSA) is 53.2 Å². The zero-order valence-electron chi connectivity index (χ0n) is 8.02. The van der Waals surface area contributed by atoms with Gasteiger partial charge in [-0.3, -0.25) is 10.2 Å². The summed E-state index contributed by atoms with van der Waals surface area (Å²) in [5.74, 6) is -0.651. The van der Waals surface area contributed by atoms with Crippen molar-refractivity contribution in [3.05, 3.63) is 29.6 Å². The van der Waals surface area contributed by atoms with Crippen molar-refractivity contribution in [2.24, 2.45) is 0 Å². The summed E-state index contributed by atoms with van der Waals surface area (Å²) in [6.07, 6.45) is 0. The van der Waals surface area contributed by atoms with Crippen LogP contribution in [0.4, 0.5) is 10.1 Å². The Kier molecular flexibility index (Phi) is 3.41. The van der Waals surface area contributed by atoms with Crippen molar-refractivity contribution in [3.63, 3.8) is 0 Å². The van der Waals surface area contributed by atoms with Gasteiger partial charge in [0, 0.05) is 0 Å². The van der Waals surface area contributed by atoms with E-state index in [1.54, 1.807) is 0 Å². The largest absolute Gasteiger partial charge is 0.303 e. The fourth-order valence-corrected chi connectivity index (χ4v) is 1.04. The molecular weight excluding hydrogens is 185 g/mol. The van der Waals surface area contributed by atoms with Gasteiger partial charge in [0.1, 0.15) is 5.82 Å². The second kappa shape index (κ2) is 4.57. The van der Waals surface area contributed by atoms with E-state index >= 15 is 0 Å². The average molecular weight is 197 g/mol. The van der Waals surface area contributed by atoms with E-state index in [1.165, 1.54) is 18.2 Å². The molecule has 2 rings (SSSR count). The van der Waals surface area contributed by atoms with Gasteiger partial charge >= 0.3 is 0 Å². The number of hydrogen-bond acceptors (Lipinski definition) is 3. The van der Waals surface area contributed by atoms with Crippen molar-refractivity contribution in [1.29, 1.82) is 0 Å². The molecule has 0 aromatic heterocycles. The second-order valence-corrected chi connectivity index (χ2v) is 2.39. The predicted molar refractivity (Wildman–Crippen MR) is 52.0 cm³/mol. The Hall–Kier alpha value is -1.62. The molecule has 0 aliphatic carbocycles. The summed E-state index contributed by atoms with van der Waals surface area (Å²) < 4.78 is 12.6. The Morgan fingerprint density at radius 3 is 2.64 bits per heavy atom. The highest BCUT2D eigenvalue weighted by atomic mass is 19.1. The lowest BCUT2D eigenvalue weighted by Crippen LogP contribution is -2.45. The first kappa shape index (κ1) is 10.5. The zero-order chi connectivity index (χ0) is 10.6. The molecule has 1 heterocycles. The molecule has 0 saturated carbocycles. The van der Waals surface area contributed by atoms with Gasteiger partial charge in [-0.25, -0.2) is 4.39 Å². The van der Waals surface area contributed by atoms with E-state index in [4.69, 9.17) is 0 Å². The number of carbonyl (C=O) groups excluding carboxylic acids is 1. The number of nitrogens with one attached hydrogen (secondary N) is 3. The number of hydrogen-bond donors (Lipinski definition) is 3. The Morgan fingerprint density at radius 2 is 1.93 bits per heavy atom. The Bertz CT molecular complexity index is 341. The van der Waals surface area contributed by atoms with Crippen LogP contribution in [-0.2, 0) is 0 Å². The molecule has 0 saturated heterocycles. The molecule has 0 fully saturated rings. The number of hydrazine groups is 2. The van der Waals surface area contributed by atoms with Gasteiger partial charge in [-0.15, -0.1) is 5.53 Å². The Labute approximate surface area is 81.4 Å². The van der Waals surface area contributed by atoms with Crippen molar-refractivity contribution in [1.82, 2.24) is 11.0 Å². The third-order valence-corrected chi connectivity index (χ3v) is 1.60. The van der Waals surface area contributed by atoms with Gasteiger partial charge < -0.3 is 5.43 Å². The van der Waals surface area contributed by atoms with Gasteiger partial charge in [0.05, 0.1) is 11.3 Å². The fourth-order valence-electron chi connectivity index (χ4n) is 1.04. The first-order valence-electron chi connectivity index (χ1n) is 4.38. The van der Waals surface area contributed by atoms with Gasteiger partial charge in [-0.2, -0.15) is 0 Å². The van der Waals surface area contributed by atoms with Crippen LogP contribution in [0, 0.1) is 5.82 Å². The van der Waals surface area contributed by atoms with Crippen LogP contribution in [0.1, 0.15) is 24.2 Å². The smallest absolute Gasteiger partial charge is 0.268 e. The average Bonchev–Trinajstić information content (AvgIpc) is 2.21. The van der Waals surface area contributed by atoms with E-state index < -0.39 is 0 Å². The SMILES string of the molecule is CC.O=C1NNNc2cc(F)ccc21. The van der Waals surface area contributed by atoms with Crippen LogP contribution in [0.15, 0.2) is 18.2 Å². The summed E-state index contributed by atoms with van der Waals surface area (Å²) in [6.45, 7) is 4.00. The number of rotatable bonds is 0. The minimum Gasteiger partial charge on any atom is -0.303 e. The lowest BCUT2D eigenvalue weighted by atomic mass is 10.1. The molecule has 1 amide bonds. The second-order valence-electron chi connectivity index (χ2n) is 2.39. The van der Waals surface area contributed by atoms with Crippen molar-refractivity contribution in [2.45, 2.75) is 13.8 Å². The molecule has 0 bridgehead atoms. The third-order valence-electron chi connectivity index (χ3n) is 1.60. The maximum absolute atomic E-state index is 12.6. The number of halogens is 1. The van der Waals surface area contributed by atoms with Gasteiger partial charge in [-0.05, 0) is 18.2 Å². The zero-order valence-corrected chi connectivity index (χ0v) is 8.02. The molecule has 1 aromatic carbocycles. The summed E-state index contributed by atoms with van der Waals surface area (Å²) in [7, 11) is 0. The minimum atomic E-state index is -0.377. The molecule has 14 heavy (non-hydrogen) atoms. The number of fused-ring (bicyclic) bond motifs is 1. The summed E-state index contributed by atoms with van der Waals surface area (Å²) >= 11 is 0. The highest BCUT2D eigenvalue weighted by Crippen LogP contribution is 2.17. The van der Waals surface area contributed by atoms with Crippen molar-refractivity contribution < 1.29 is 9.18 Å². The molecule has 5 heteroatoms. The van der Waals surface area contributed by atoms with E-state index in [1.807, 2.05) is 13.8 Å². The van der Waals surface area contributed by atoms with E-state index in [-0.39, 0.29) is 11.7 Å². The van der Waals surface area contributed by atoms with Crippen LogP contribution in [0.3, 0.4) is 0 Å². The van der Waals surface area contributed by atoms with Crippen LogP contribution in [0.5, 0.6) is 0 Å². The summed E-state index contributed by atoms with van der Waals surface area (Å²) in [4.78, 5) is 11.1. The van der Waals surface area contributed by atoms with Gasteiger partial charge in [0.2, 0.25) is 0 Å². The Balaban J connectivity index is 0.000000461. The monoisotopic (exact) mass is 197 g/mol. The highest BCUT2D eigenvalue weighted by Gasteiger charge is 2.15. The standard InChI is InChI=1S/C7H6FN3O.C2H6/c8-4-1-2-5-6(3-4)9-11-10-7(5)12;1-2/h1-3,9,11H,(H,10,12);1-2H3. The van der Waals surface area contributed by atoms with E-state index in [0.717, 1.165) is 0 Å². The van der Waals surface area contributed by atoms with Crippen molar-refractivity contribution in [2.75, 3.05) is 5.43 Å². The first-order valence-corrected chi connectivity index (χ1v) is 4.38. The normalized spacial score (nSPS) is 12.9. The van der Waals surface area contributed by atoms with E-state index in [2.05, 4.69) is 16.4 Å². The maximum atomic E-state index is 12.6. The molecule has 3 N–H and O–H groups in total. The number of amides is 1. The highest BCUT2D eigenvalue weighted by molar-refractivity contribution is 6.00. The molecule has 4 nitrogen and oxygen atoms in total. The van der Waals surface area contributed by atoms with Crippen molar-refractivity contribution >= 4 is 11.6 Å². The quantitative estimate of drug-likeness (QED) is 0.589. The van der Waals surface area contributed by atoms with Crippen LogP contribution in [0.25, 0.3) is 0 Å². The molecule has 0 spiro atoms. The molecule has 0 radical (unpaired) electrons. The number of anilines is 1. The van der Waals surface area contributed by atoms with E-state index in [0.29, 0.717) is 11.3 Å². The van der Waals surface area contributed by atoms with Gasteiger partial charge in [-0.1, -0.05) is 13.8 Å². The summed E-state index contributed by atoms with van der Waals surface area (Å²) in [6, 6.07) is 3.92. The van der Waals surface area contributed by atoms with E-state index in [9.17, 15) is 9.18 Å². The maximum Gasteiger partial charge on any atom is 0.268 e.